The Hall–Kier alpha value is -2.54. The van der Waals surface area contributed by atoms with E-state index in [1.165, 1.54) is 0 Å². The van der Waals surface area contributed by atoms with Crippen molar-refractivity contribution in [2.45, 2.75) is 26.7 Å². The number of benzene rings is 2. The maximum Gasteiger partial charge on any atom is 0.245 e. The molecule has 7 heteroatoms. The van der Waals surface area contributed by atoms with E-state index in [1.807, 2.05) is 39.0 Å². The van der Waals surface area contributed by atoms with E-state index in [-0.39, 0.29) is 12.5 Å². The van der Waals surface area contributed by atoms with Gasteiger partial charge < -0.3 is 10.1 Å². The lowest BCUT2D eigenvalue weighted by atomic mass is 10.0. The van der Waals surface area contributed by atoms with Crippen molar-refractivity contribution in [2.24, 2.45) is 0 Å². The minimum Gasteiger partial charge on any atom is -0.492 e. The summed E-state index contributed by atoms with van der Waals surface area (Å²) in [6.45, 7) is 5.97. The Kier molecular flexibility index (Phi) is 6.85. The third-order valence-corrected chi connectivity index (χ3v) is 5.10. The second kappa shape index (κ2) is 8.90. The molecule has 2 aromatic carbocycles. The van der Waals surface area contributed by atoms with E-state index in [1.54, 1.807) is 30.3 Å². The van der Waals surface area contributed by atoms with Crippen LogP contribution in [0.4, 0.5) is 11.4 Å². The van der Waals surface area contributed by atoms with E-state index in [2.05, 4.69) is 5.32 Å². The van der Waals surface area contributed by atoms with E-state index in [0.29, 0.717) is 23.7 Å². The molecule has 27 heavy (non-hydrogen) atoms. The van der Waals surface area contributed by atoms with Gasteiger partial charge in [0, 0.05) is 0 Å². The Balaban J connectivity index is 2.30. The van der Waals surface area contributed by atoms with Gasteiger partial charge in [-0.25, -0.2) is 8.42 Å². The van der Waals surface area contributed by atoms with Crippen molar-refractivity contribution >= 4 is 27.3 Å². The molecule has 0 aliphatic heterocycles. The van der Waals surface area contributed by atoms with Crippen molar-refractivity contribution < 1.29 is 17.9 Å². The Morgan fingerprint density at radius 2 is 1.74 bits per heavy atom. The summed E-state index contributed by atoms with van der Waals surface area (Å²) in [5.74, 6) is 0.222. The lowest BCUT2D eigenvalue weighted by molar-refractivity contribution is -0.114. The minimum absolute atomic E-state index is 0.118. The molecule has 0 bridgehead atoms. The summed E-state index contributed by atoms with van der Waals surface area (Å²) in [4.78, 5) is 12.6. The number of ether oxygens (including phenoxy) is 1. The summed E-state index contributed by atoms with van der Waals surface area (Å²) in [5.41, 5.74) is 1.89. The zero-order valence-electron chi connectivity index (χ0n) is 16.1. The van der Waals surface area contributed by atoms with Gasteiger partial charge in [0.15, 0.2) is 0 Å². The normalized spacial score (nSPS) is 11.3. The Bertz CT molecular complexity index is 894. The van der Waals surface area contributed by atoms with Gasteiger partial charge in [-0.3, -0.25) is 9.10 Å². The molecule has 0 atom stereocenters. The molecule has 0 spiro atoms. The van der Waals surface area contributed by atoms with Crippen molar-refractivity contribution in [2.75, 3.05) is 29.0 Å². The lowest BCUT2D eigenvalue weighted by Gasteiger charge is -2.25. The van der Waals surface area contributed by atoms with Crippen molar-refractivity contribution in [3.63, 3.8) is 0 Å². The molecule has 0 radical (unpaired) electrons. The van der Waals surface area contributed by atoms with Crippen LogP contribution in [0.1, 0.15) is 32.3 Å². The fourth-order valence-electron chi connectivity index (χ4n) is 2.76. The third-order valence-electron chi connectivity index (χ3n) is 3.98. The minimum atomic E-state index is -3.64. The maximum absolute atomic E-state index is 12.6. The fourth-order valence-corrected chi connectivity index (χ4v) is 3.63. The molecule has 0 saturated carbocycles. The average Bonchev–Trinajstić information content (AvgIpc) is 2.60. The number of anilines is 2. The summed E-state index contributed by atoms with van der Waals surface area (Å²) in [6, 6.07) is 14.3. The molecule has 1 amide bonds. The number of hydrogen-bond donors (Lipinski definition) is 1. The Labute approximate surface area is 161 Å². The number of amides is 1. The molecule has 0 saturated heterocycles. The van der Waals surface area contributed by atoms with Crippen LogP contribution in [0.25, 0.3) is 0 Å². The third kappa shape index (κ3) is 5.47. The number of carbonyl (C=O) groups is 1. The first-order valence-corrected chi connectivity index (χ1v) is 10.7. The number of hydrogen-bond acceptors (Lipinski definition) is 4. The van der Waals surface area contributed by atoms with E-state index < -0.39 is 15.9 Å². The van der Waals surface area contributed by atoms with Gasteiger partial charge in [-0.05, 0) is 36.6 Å². The van der Waals surface area contributed by atoms with Gasteiger partial charge in [-0.15, -0.1) is 0 Å². The molecule has 0 aliphatic carbocycles. The van der Waals surface area contributed by atoms with Crippen molar-refractivity contribution in [1.29, 1.82) is 0 Å². The van der Waals surface area contributed by atoms with Crippen LogP contribution in [0.2, 0.25) is 0 Å². The molecule has 0 unspecified atom stereocenters. The van der Waals surface area contributed by atoms with E-state index in [9.17, 15) is 13.2 Å². The molecule has 1 N–H and O–H groups in total. The van der Waals surface area contributed by atoms with E-state index >= 15 is 0 Å². The van der Waals surface area contributed by atoms with Crippen molar-refractivity contribution in [3.8, 4) is 5.75 Å². The predicted molar refractivity (Wildman–Crippen MR) is 109 cm³/mol. The number of sulfonamides is 1. The summed E-state index contributed by atoms with van der Waals surface area (Å²) >= 11 is 0. The van der Waals surface area contributed by atoms with Crippen LogP contribution in [0.3, 0.4) is 0 Å². The molecule has 6 nitrogen and oxygen atoms in total. The van der Waals surface area contributed by atoms with Gasteiger partial charge >= 0.3 is 0 Å². The number of carbonyl (C=O) groups excluding carboxylic acids is 1. The zero-order chi connectivity index (χ0) is 20.0. The van der Waals surface area contributed by atoms with Crippen molar-refractivity contribution in [1.82, 2.24) is 0 Å². The molecule has 0 fully saturated rings. The summed E-state index contributed by atoms with van der Waals surface area (Å²) in [5, 5.41) is 2.75. The number of nitrogens with zero attached hydrogens (tertiary/aromatic N) is 1. The summed E-state index contributed by atoms with van der Waals surface area (Å²) < 4.78 is 31.4. The van der Waals surface area contributed by atoms with Crippen LogP contribution in [0.15, 0.2) is 48.5 Å². The van der Waals surface area contributed by atoms with Gasteiger partial charge in [-0.1, -0.05) is 44.2 Å². The van der Waals surface area contributed by atoms with Crippen molar-refractivity contribution in [3.05, 3.63) is 54.1 Å². The monoisotopic (exact) mass is 390 g/mol. The second-order valence-electron chi connectivity index (χ2n) is 6.46. The molecule has 2 rings (SSSR count). The number of rotatable bonds is 8. The first-order chi connectivity index (χ1) is 12.7. The highest BCUT2D eigenvalue weighted by molar-refractivity contribution is 7.92. The largest absolute Gasteiger partial charge is 0.492 e. The topological polar surface area (TPSA) is 75.7 Å². The maximum atomic E-state index is 12.6. The zero-order valence-corrected chi connectivity index (χ0v) is 16.9. The average molecular weight is 391 g/mol. The highest BCUT2D eigenvalue weighted by Gasteiger charge is 2.24. The van der Waals surface area contributed by atoms with E-state index in [0.717, 1.165) is 16.1 Å². The molecule has 0 heterocycles. The highest BCUT2D eigenvalue weighted by atomic mass is 32.2. The van der Waals surface area contributed by atoms with Crippen LogP contribution in [0.5, 0.6) is 5.75 Å². The smallest absolute Gasteiger partial charge is 0.245 e. The van der Waals surface area contributed by atoms with Gasteiger partial charge in [-0.2, -0.15) is 0 Å². The molecular formula is C20H26N2O4S. The quantitative estimate of drug-likeness (QED) is 0.747. The van der Waals surface area contributed by atoms with Gasteiger partial charge in [0.2, 0.25) is 15.9 Å². The second-order valence-corrected chi connectivity index (χ2v) is 8.37. The standard InChI is InChI=1S/C20H26N2O4S/c1-5-26-19-13-9-7-11-17(19)21-20(23)14-22(27(4,24)25)18-12-8-6-10-16(18)15(2)3/h6-13,15H,5,14H2,1-4H3,(H,21,23). The summed E-state index contributed by atoms with van der Waals surface area (Å²) in [6.07, 6.45) is 1.10. The van der Waals surface area contributed by atoms with Crippen LogP contribution < -0.4 is 14.4 Å². The van der Waals surface area contributed by atoms with Crippen LogP contribution >= 0.6 is 0 Å². The SMILES string of the molecule is CCOc1ccccc1NC(=O)CN(c1ccccc1C(C)C)S(C)(=O)=O. The summed E-state index contributed by atoms with van der Waals surface area (Å²) in [7, 11) is -3.64. The van der Waals surface area contributed by atoms with Crippen LogP contribution in [-0.2, 0) is 14.8 Å². The molecular weight excluding hydrogens is 364 g/mol. The first kappa shape index (κ1) is 20.8. The molecule has 0 aromatic heterocycles. The van der Waals surface area contributed by atoms with Gasteiger partial charge in [0.25, 0.3) is 0 Å². The van der Waals surface area contributed by atoms with Gasteiger partial charge in [0.1, 0.15) is 12.3 Å². The van der Waals surface area contributed by atoms with Crippen LogP contribution in [-0.4, -0.2) is 33.7 Å². The lowest BCUT2D eigenvalue weighted by Crippen LogP contribution is -2.38. The Morgan fingerprint density at radius 1 is 1.11 bits per heavy atom. The van der Waals surface area contributed by atoms with E-state index in [4.69, 9.17) is 4.74 Å². The van der Waals surface area contributed by atoms with Gasteiger partial charge in [0.05, 0.1) is 24.2 Å². The number of nitrogens with one attached hydrogen (secondary N) is 1. The predicted octanol–water partition coefficient (Wildman–Crippen LogP) is 3.61. The molecule has 2 aromatic rings. The first-order valence-electron chi connectivity index (χ1n) is 8.82. The molecule has 146 valence electrons. The number of para-hydroxylation sites is 3. The van der Waals surface area contributed by atoms with Crippen LogP contribution in [0, 0.1) is 0 Å². The Morgan fingerprint density at radius 3 is 2.37 bits per heavy atom. The molecule has 0 aliphatic rings. The highest BCUT2D eigenvalue weighted by Crippen LogP contribution is 2.29. The fraction of sp³-hybridized carbons (Fsp3) is 0.350.